The summed E-state index contributed by atoms with van der Waals surface area (Å²) in [5.74, 6) is 4.88. The Morgan fingerprint density at radius 3 is 2.90 bits per heavy atom. The van der Waals surface area contributed by atoms with E-state index in [1.54, 1.807) is 24.4 Å². The van der Waals surface area contributed by atoms with Gasteiger partial charge in [0.2, 0.25) is 0 Å². The van der Waals surface area contributed by atoms with Crippen LogP contribution in [0.15, 0.2) is 42.6 Å². The molecule has 2 aromatic rings. The summed E-state index contributed by atoms with van der Waals surface area (Å²) in [6, 6.07) is 8.89. The number of carbonyl (C=O) groups excluding carboxylic acids is 1. The number of carbonyl (C=O) groups is 1. The van der Waals surface area contributed by atoms with E-state index in [4.69, 9.17) is 5.11 Å². The first-order chi connectivity index (χ1) is 10.2. The number of hydrogen-bond acceptors (Lipinski definition) is 3. The minimum Gasteiger partial charge on any atom is -0.395 e. The molecule has 1 heterocycles. The Morgan fingerprint density at radius 1 is 1.33 bits per heavy atom. The molecule has 2 N–H and O–H groups in total. The van der Waals surface area contributed by atoms with E-state index in [0.29, 0.717) is 5.82 Å². The smallest absolute Gasteiger partial charge is 0.258 e. The zero-order chi connectivity index (χ0) is 15.1. The quantitative estimate of drug-likeness (QED) is 0.849. The van der Waals surface area contributed by atoms with Gasteiger partial charge in [0, 0.05) is 18.2 Å². The highest BCUT2D eigenvalue weighted by Gasteiger charge is 2.11. The first-order valence-electron chi connectivity index (χ1n) is 6.32. The van der Waals surface area contributed by atoms with E-state index in [9.17, 15) is 9.18 Å². The van der Waals surface area contributed by atoms with Crippen LogP contribution in [0.1, 0.15) is 22.3 Å². The number of rotatable bonds is 3. The average molecular weight is 284 g/mol. The number of amides is 1. The van der Waals surface area contributed by atoms with E-state index in [1.807, 2.05) is 0 Å². The van der Waals surface area contributed by atoms with Crippen molar-refractivity contribution in [2.24, 2.45) is 0 Å². The Balaban J connectivity index is 2.26. The molecule has 0 aliphatic carbocycles. The van der Waals surface area contributed by atoms with Gasteiger partial charge in [0.25, 0.3) is 5.91 Å². The van der Waals surface area contributed by atoms with E-state index in [-0.39, 0.29) is 24.2 Å². The summed E-state index contributed by atoms with van der Waals surface area (Å²) < 4.78 is 13.3. The molecule has 0 atom stereocenters. The molecule has 0 radical (unpaired) electrons. The molecule has 1 aromatic heterocycles. The number of anilines is 1. The maximum atomic E-state index is 13.3. The predicted octanol–water partition coefficient (Wildman–Crippen LogP) is 2.21. The summed E-state index contributed by atoms with van der Waals surface area (Å²) in [6.45, 7) is -0.0855. The Labute approximate surface area is 121 Å². The average Bonchev–Trinajstić information content (AvgIpc) is 2.48. The number of nitrogens with one attached hydrogen (secondary N) is 1. The normalized spacial score (nSPS) is 9.62. The van der Waals surface area contributed by atoms with Crippen molar-refractivity contribution in [3.63, 3.8) is 0 Å². The molecular weight excluding hydrogens is 271 g/mol. The molecule has 106 valence electrons. The fourth-order valence-electron chi connectivity index (χ4n) is 1.65. The fraction of sp³-hybridized carbons (Fsp3) is 0.125. The molecule has 0 unspecified atom stereocenters. The van der Waals surface area contributed by atoms with Gasteiger partial charge in [-0.3, -0.25) is 4.79 Å². The zero-order valence-electron chi connectivity index (χ0n) is 11.1. The highest BCUT2D eigenvalue weighted by molar-refractivity contribution is 6.05. The SMILES string of the molecule is O=C(Nc1ccccn1)c1ccc(F)cc1C#CCCO. The molecule has 2 rings (SSSR count). The highest BCUT2D eigenvalue weighted by atomic mass is 19.1. The fourth-order valence-corrected chi connectivity index (χ4v) is 1.65. The van der Waals surface area contributed by atoms with Gasteiger partial charge in [-0.2, -0.15) is 0 Å². The lowest BCUT2D eigenvalue weighted by Crippen LogP contribution is -2.14. The van der Waals surface area contributed by atoms with Crippen molar-refractivity contribution in [2.45, 2.75) is 6.42 Å². The lowest BCUT2D eigenvalue weighted by Gasteiger charge is -2.06. The number of hydrogen-bond donors (Lipinski definition) is 2. The summed E-state index contributed by atoms with van der Waals surface area (Å²) in [5.41, 5.74) is 0.532. The second-order valence-electron chi connectivity index (χ2n) is 4.13. The van der Waals surface area contributed by atoms with Gasteiger partial charge in [-0.1, -0.05) is 17.9 Å². The van der Waals surface area contributed by atoms with Crippen LogP contribution in [0, 0.1) is 17.7 Å². The summed E-state index contributed by atoms with van der Waals surface area (Å²) >= 11 is 0. The number of aromatic nitrogens is 1. The van der Waals surface area contributed by atoms with E-state index in [0.717, 1.165) is 0 Å². The van der Waals surface area contributed by atoms with Gasteiger partial charge < -0.3 is 10.4 Å². The number of halogens is 1. The maximum Gasteiger partial charge on any atom is 0.258 e. The summed E-state index contributed by atoms with van der Waals surface area (Å²) in [7, 11) is 0. The first-order valence-corrected chi connectivity index (χ1v) is 6.32. The number of pyridine rings is 1. The molecule has 21 heavy (non-hydrogen) atoms. The molecule has 1 amide bonds. The van der Waals surface area contributed by atoms with Gasteiger partial charge in [-0.25, -0.2) is 9.37 Å². The van der Waals surface area contributed by atoms with Crippen LogP contribution in [-0.2, 0) is 0 Å². The molecule has 0 fully saturated rings. The number of aliphatic hydroxyl groups excluding tert-OH is 1. The Kier molecular flexibility index (Phi) is 5.02. The van der Waals surface area contributed by atoms with Crippen molar-refractivity contribution in [1.82, 2.24) is 4.98 Å². The zero-order valence-corrected chi connectivity index (χ0v) is 11.1. The van der Waals surface area contributed by atoms with Crippen molar-refractivity contribution < 1.29 is 14.3 Å². The standard InChI is InChI=1S/C16H13FN2O2/c17-13-7-8-14(12(11-13)5-2-4-10-20)16(21)19-15-6-1-3-9-18-15/h1,3,6-9,11,20H,4,10H2,(H,18,19,21). The second-order valence-corrected chi connectivity index (χ2v) is 4.13. The Hall–Kier alpha value is -2.71. The second kappa shape index (κ2) is 7.17. The van der Waals surface area contributed by atoms with Crippen LogP contribution >= 0.6 is 0 Å². The Morgan fingerprint density at radius 2 is 2.19 bits per heavy atom. The third-order valence-electron chi connectivity index (χ3n) is 2.59. The molecule has 0 saturated heterocycles. The van der Waals surface area contributed by atoms with Crippen molar-refractivity contribution in [1.29, 1.82) is 0 Å². The lowest BCUT2D eigenvalue weighted by molar-refractivity contribution is 0.102. The topological polar surface area (TPSA) is 62.2 Å². The molecule has 0 bridgehead atoms. The molecule has 1 aromatic carbocycles. The van der Waals surface area contributed by atoms with Crippen LogP contribution in [0.4, 0.5) is 10.2 Å². The number of aliphatic hydroxyl groups is 1. The van der Waals surface area contributed by atoms with Crippen molar-refractivity contribution in [3.8, 4) is 11.8 Å². The van der Waals surface area contributed by atoms with Crippen molar-refractivity contribution >= 4 is 11.7 Å². The largest absolute Gasteiger partial charge is 0.395 e. The monoisotopic (exact) mass is 284 g/mol. The van der Waals surface area contributed by atoms with Crippen LogP contribution in [0.3, 0.4) is 0 Å². The highest BCUT2D eigenvalue weighted by Crippen LogP contribution is 2.13. The molecule has 0 aliphatic rings. The van der Waals surface area contributed by atoms with Gasteiger partial charge in [0.15, 0.2) is 0 Å². The number of nitrogens with zero attached hydrogens (tertiary/aromatic N) is 1. The number of benzene rings is 1. The van der Waals surface area contributed by atoms with E-state index in [1.165, 1.54) is 18.2 Å². The van der Waals surface area contributed by atoms with Gasteiger partial charge in [0.1, 0.15) is 11.6 Å². The molecule has 5 heteroatoms. The van der Waals surface area contributed by atoms with Crippen LogP contribution in [0.25, 0.3) is 0 Å². The first kappa shape index (κ1) is 14.7. The summed E-state index contributed by atoms with van der Waals surface area (Å²) in [6.07, 6.45) is 1.82. The predicted molar refractivity (Wildman–Crippen MR) is 77.2 cm³/mol. The van der Waals surface area contributed by atoms with Crippen molar-refractivity contribution in [3.05, 3.63) is 59.5 Å². The lowest BCUT2D eigenvalue weighted by atomic mass is 10.1. The van der Waals surface area contributed by atoms with Gasteiger partial charge in [0.05, 0.1) is 12.2 Å². The van der Waals surface area contributed by atoms with Crippen LogP contribution < -0.4 is 5.32 Å². The minimum atomic E-state index is -0.474. The maximum absolute atomic E-state index is 13.3. The van der Waals surface area contributed by atoms with Crippen molar-refractivity contribution in [2.75, 3.05) is 11.9 Å². The molecule has 0 aliphatic heterocycles. The molecule has 0 spiro atoms. The Bertz CT molecular complexity index is 690. The van der Waals surface area contributed by atoms with Gasteiger partial charge >= 0.3 is 0 Å². The molecular formula is C16H13FN2O2. The summed E-state index contributed by atoms with van der Waals surface area (Å²) in [5, 5.41) is 11.3. The van der Waals surface area contributed by atoms with E-state index in [2.05, 4.69) is 22.1 Å². The molecule has 4 nitrogen and oxygen atoms in total. The van der Waals surface area contributed by atoms with Gasteiger partial charge in [-0.05, 0) is 30.3 Å². The minimum absolute atomic E-state index is 0.0855. The van der Waals surface area contributed by atoms with Crippen LogP contribution in [0.5, 0.6) is 0 Å². The third-order valence-corrected chi connectivity index (χ3v) is 2.59. The summed E-state index contributed by atoms with van der Waals surface area (Å²) in [4.78, 5) is 16.2. The van der Waals surface area contributed by atoms with Gasteiger partial charge in [-0.15, -0.1) is 0 Å². The molecule has 0 saturated carbocycles. The van der Waals surface area contributed by atoms with Crippen LogP contribution in [0.2, 0.25) is 0 Å². The van der Waals surface area contributed by atoms with E-state index < -0.39 is 11.7 Å². The third kappa shape index (κ3) is 4.13. The van der Waals surface area contributed by atoms with Crippen LogP contribution in [-0.4, -0.2) is 22.6 Å². The van der Waals surface area contributed by atoms with E-state index >= 15 is 0 Å².